The smallest absolute Gasteiger partial charge is 0.298 e. The molecule has 5 nitrogen and oxygen atoms in total. The highest BCUT2D eigenvalue weighted by molar-refractivity contribution is 8.27. The number of benzene rings is 2. The summed E-state index contributed by atoms with van der Waals surface area (Å²) in [5.74, 6) is -0.827. The van der Waals surface area contributed by atoms with E-state index in [2.05, 4.69) is 10.3 Å². The highest BCUT2D eigenvalue weighted by Gasteiger charge is 2.36. The standard InChI is InChI=1S/C21H12F3N3O2S3/c22-21(23,24)14-2-1-3-15(11-14)27-18(29)16(32-20(27)30)10-12-4-6-13(7-5-12)17(28)26-19-25-8-9-31-19/h1-11H,(H,25,26,28)/b16-10-. The molecule has 2 heterocycles. The van der Waals surface area contributed by atoms with Crippen molar-refractivity contribution >= 4 is 68.3 Å². The molecule has 1 fully saturated rings. The van der Waals surface area contributed by atoms with E-state index in [1.807, 2.05) is 0 Å². The monoisotopic (exact) mass is 491 g/mol. The molecule has 1 N–H and O–H groups in total. The molecule has 0 aliphatic carbocycles. The lowest BCUT2D eigenvalue weighted by Gasteiger charge is -2.16. The number of thioether (sulfide) groups is 1. The Labute approximate surface area is 194 Å². The van der Waals surface area contributed by atoms with E-state index in [0.717, 1.165) is 28.8 Å². The zero-order valence-electron chi connectivity index (χ0n) is 15.9. The second-order valence-corrected chi connectivity index (χ2v) is 9.05. The number of nitrogens with zero attached hydrogens (tertiary/aromatic N) is 2. The largest absolute Gasteiger partial charge is 0.416 e. The lowest BCUT2D eigenvalue weighted by molar-refractivity contribution is -0.137. The van der Waals surface area contributed by atoms with Crippen LogP contribution in [0.25, 0.3) is 6.08 Å². The van der Waals surface area contributed by atoms with Crippen LogP contribution >= 0.6 is 35.3 Å². The van der Waals surface area contributed by atoms with Crippen molar-refractivity contribution in [3.8, 4) is 0 Å². The van der Waals surface area contributed by atoms with Crippen molar-refractivity contribution < 1.29 is 22.8 Å². The van der Waals surface area contributed by atoms with Gasteiger partial charge in [0.25, 0.3) is 11.8 Å². The first-order valence-corrected chi connectivity index (χ1v) is 11.1. The molecule has 162 valence electrons. The number of rotatable bonds is 4. The summed E-state index contributed by atoms with van der Waals surface area (Å²) >= 11 is 7.53. The van der Waals surface area contributed by atoms with E-state index >= 15 is 0 Å². The minimum atomic E-state index is -4.53. The second-order valence-electron chi connectivity index (χ2n) is 6.48. The fourth-order valence-electron chi connectivity index (χ4n) is 2.85. The van der Waals surface area contributed by atoms with E-state index in [1.165, 1.54) is 23.5 Å². The third-order valence-electron chi connectivity index (χ3n) is 4.35. The Hall–Kier alpha value is -3.02. The van der Waals surface area contributed by atoms with Crippen LogP contribution in [0.15, 0.2) is 65.0 Å². The van der Waals surface area contributed by atoms with Crippen LogP contribution in [0.3, 0.4) is 0 Å². The summed E-state index contributed by atoms with van der Waals surface area (Å²) in [6, 6.07) is 11.0. The zero-order valence-corrected chi connectivity index (χ0v) is 18.4. The number of halogens is 3. The van der Waals surface area contributed by atoms with Gasteiger partial charge in [0.1, 0.15) is 0 Å². The highest BCUT2D eigenvalue weighted by atomic mass is 32.2. The predicted octanol–water partition coefficient (Wildman–Crippen LogP) is 5.82. The summed E-state index contributed by atoms with van der Waals surface area (Å²) in [7, 11) is 0. The molecule has 0 radical (unpaired) electrons. The molecule has 0 atom stereocenters. The maximum absolute atomic E-state index is 13.0. The van der Waals surface area contributed by atoms with Crippen molar-refractivity contribution in [2.75, 3.05) is 10.2 Å². The van der Waals surface area contributed by atoms with Gasteiger partial charge in [-0.3, -0.25) is 19.8 Å². The number of hydrogen-bond donors (Lipinski definition) is 1. The summed E-state index contributed by atoms with van der Waals surface area (Å²) in [6.07, 6.45) is -1.37. The maximum Gasteiger partial charge on any atom is 0.416 e. The van der Waals surface area contributed by atoms with Crippen LogP contribution in [0.2, 0.25) is 0 Å². The minimum absolute atomic E-state index is 0.0555. The summed E-state index contributed by atoms with van der Waals surface area (Å²) in [6.45, 7) is 0. The van der Waals surface area contributed by atoms with Gasteiger partial charge in [0, 0.05) is 17.1 Å². The SMILES string of the molecule is O=C(Nc1nccs1)c1ccc(/C=C2\SC(=S)N(c3cccc(C(F)(F)F)c3)C2=O)cc1. The molecule has 1 saturated heterocycles. The van der Waals surface area contributed by atoms with Crippen LogP contribution in [-0.4, -0.2) is 21.1 Å². The van der Waals surface area contributed by atoms with Crippen molar-refractivity contribution in [3.05, 3.63) is 81.7 Å². The number of alkyl halides is 3. The topological polar surface area (TPSA) is 62.3 Å². The number of carbonyl (C=O) groups is 2. The molecule has 0 spiro atoms. The Morgan fingerprint density at radius 3 is 2.56 bits per heavy atom. The fraction of sp³-hybridized carbons (Fsp3) is 0.0476. The van der Waals surface area contributed by atoms with Crippen molar-refractivity contribution in [3.63, 3.8) is 0 Å². The average Bonchev–Trinajstić information content (AvgIpc) is 3.35. The number of carbonyl (C=O) groups excluding carboxylic acids is 2. The highest BCUT2D eigenvalue weighted by Crippen LogP contribution is 2.38. The average molecular weight is 492 g/mol. The van der Waals surface area contributed by atoms with E-state index in [0.29, 0.717) is 16.3 Å². The number of nitrogens with one attached hydrogen (secondary N) is 1. The fourth-order valence-corrected chi connectivity index (χ4v) is 4.67. The van der Waals surface area contributed by atoms with Crippen molar-refractivity contribution in [1.82, 2.24) is 4.98 Å². The van der Waals surface area contributed by atoms with Gasteiger partial charge in [0.05, 0.1) is 16.2 Å². The molecular formula is C21H12F3N3O2S3. The van der Waals surface area contributed by atoms with E-state index in [-0.39, 0.29) is 20.8 Å². The number of anilines is 2. The summed E-state index contributed by atoms with van der Waals surface area (Å²) in [5.41, 5.74) is 0.244. The third-order valence-corrected chi connectivity index (χ3v) is 6.34. The predicted molar refractivity (Wildman–Crippen MR) is 124 cm³/mol. The van der Waals surface area contributed by atoms with Gasteiger partial charge >= 0.3 is 6.18 Å². The van der Waals surface area contributed by atoms with Crippen LogP contribution in [-0.2, 0) is 11.0 Å². The van der Waals surface area contributed by atoms with E-state index in [4.69, 9.17) is 12.2 Å². The molecule has 0 bridgehead atoms. The van der Waals surface area contributed by atoms with Crippen LogP contribution in [0.5, 0.6) is 0 Å². The lowest BCUT2D eigenvalue weighted by atomic mass is 10.1. The molecule has 1 aliphatic rings. The van der Waals surface area contributed by atoms with Crippen LogP contribution in [0, 0.1) is 0 Å². The van der Waals surface area contributed by atoms with E-state index in [9.17, 15) is 22.8 Å². The summed E-state index contributed by atoms with van der Waals surface area (Å²) < 4.78 is 39.2. The first kappa shape index (κ1) is 22.2. The number of aromatic nitrogens is 1. The molecule has 0 unspecified atom stereocenters. The molecule has 0 saturated carbocycles. The van der Waals surface area contributed by atoms with Crippen molar-refractivity contribution in [2.45, 2.75) is 6.18 Å². The minimum Gasteiger partial charge on any atom is -0.298 e. The van der Waals surface area contributed by atoms with Crippen LogP contribution in [0.1, 0.15) is 21.5 Å². The maximum atomic E-state index is 13.0. The number of amides is 2. The molecule has 4 rings (SSSR count). The van der Waals surface area contributed by atoms with Gasteiger partial charge in [-0.15, -0.1) is 11.3 Å². The molecular weight excluding hydrogens is 479 g/mol. The van der Waals surface area contributed by atoms with E-state index in [1.54, 1.807) is 41.9 Å². The first-order valence-electron chi connectivity index (χ1n) is 8.98. The van der Waals surface area contributed by atoms with Crippen molar-refractivity contribution in [2.24, 2.45) is 0 Å². The summed E-state index contributed by atoms with van der Waals surface area (Å²) in [4.78, 5) is 30.4. The summed E-state index contributed by atoms with van der Waals surface area (Å²) in [5, 5.41) is 4.90. The lowest BCUT2D eigenvalue weighted by Crippen LogP contribution is -2.27. The van der Waals surface area contributed by atoms with Gasteiger partial charge in [0.2, 0.25) is 0 Å². The first-order chi connectivity index (χ1) is 15.2. The molecule has 1 aliphatic heterocycles. The zero-order chi connectivity index (χ0) is 22.9. The quantitative estimate of drug-likeness (QED) is 0.368. The van der Waals surface area contributed by atoms with Gasteiger partial charge in [-0.25, -0.2) is 4.98 Å². The van der Waals surface area contributed by atoms with Gasteiger partial charge in [-0.1, -0.05) is 42.2 Å². The van der Waals surface area contributed by atoms with Crippen LogP contribution in [0.4, 0.5) is 24.0 Å². The van der Waals surface area contributed by atoms with Gasteiger partial charge in [-0.2, -0.15) is 13.2 Å². The normalized spacial score (nSPS) is 15.5. The molecule has 2 aromatic carbocycles. The Bertz CT molecular complexity index is 1220. The molecule has 3 aromatic rings. The third kappa shape index (κ3) is 4.74. The molecule has 32 heavy (non-hydrogen) atoms. The van der Waals surface area contributed by atoms with Crippen LogP contribution < -0.4 is 10.2 Å². The number of thiocarbonyl (C=S) groups is 1. The Balaban J connectivity index is 1.52. The van der Waals surface area contributed by atoms with E-state index < -0.39 is 17.6 Å². The molecule has 11 heteroatoms. The Morgan fingerprint density at radius 2 is 1.91 bits per heavy atom. The number of thiazole rings is 1. The van der Waals surface area contributed by atoms with Gasteiger partial charge in [0.15, 0.2) is 9.45 Å². The number of hydrogen-bond acceptors (Lipinski definition) is 6. The molecule has 1 aromatic heterocycles. The Kier molecular flexibility index (Phi) is 6.13. The molecule has 2 amide bonds. The van der Waals surface area contributed by atoms with Gasteiger partial charge in [-0.05, 0) is 42.0 Å². The Morgan fingerprint density at radius 1 is 1.16 bits per heavy atom. The second kappa shape index (κ2) is 8.85. The van der Waals surface area contributed by atoms with Crippen molar-refractivity contribution in [1.29, 1.82) is 0 Å². The van der Waals surface area contributed by atoms with Gasteiger partial charge < -0.3 is 0 Å².